The third-order valence-corrected chi connectivity index (χ3v) is 4.32. The maximum absolute atomic E-state index is 11.9. The maximum Gasteiger partial charge on any atom is 0.234 e. The lowest BCUT2D eigenvalue weighted by molar-refractivity contribution is -0.122. The van der Waals surface area contributed by atoms with E-state index in [1.54, 1.807) is 23.2 Å². The minimum atomic E-state index is 0.0366. The standard InChI is InChI=1S/C17H22N6OS/c1-3-9-22-16(13-5-4-8-18-10-13)20-23(17(22)25)12-21(2)11-15(24)19-14-6-7-14/h3-5,8,10,14H,1,6-7,9,11-12H2,2H3,(H,19,24). The molecule has 2 aromatic heterocycles. The SMILES string of the molecule is C=CCn1c(-c2cccnc2)nn(CN(C)CC(=O)NC2CC2)c1=S. The van der Waals surface area contributed by atoms with E-state index >= 15 is 0 Å². The molecule has 0 bridgehead atoms. The summed E-state index contributed by atoms with van der Waals surface area (Å²) < 4.78 is 4.23. The smallest absolute Gasteiger partial charge is 0.234 e. The Morgan fingerprint density at radius 2 is 2.36 bits per heavy atom. The van der Waals surface area contributed by atoms with Crippen LogP contribution < -0.4 is 5.32 Å². The highest BCUT2D eigenvalue weighted by Crippen LogP contribution is 2.19. The predicted molar refractivity (Wildman–Crippen MR) is 98.3 cm³/mol. The van der Waals surface area contributed by atoms with Gasteiger partial charge in [-0.3, -0.25) is 19.2 Å². The van der Waals surface area contributed by atoms with E-state index in [1.165, 1.54) is 0 Å². The summed E-state index contributed by atoms with van der Waals surface area (Å²) in [5, 5.41) is 7.62. The van der Waals surface area contributed by atoms with Gasteiger partial charge in [0.05, 0.1) is 13.2 Å². The number of carbonyl (C=O) groups is 1. The maximum atomic E-state index is 11.9. The summed E-state index contributed by atoms with van der Waals surface area (Å²) in [7, 11) is 1.88. The van der Waals surface area contributed by atoms with E-state index < -0.39 is 0 Å². The average molecular weight is 358 g/mol. The van der Waals surface area contributed by atoms with Crippen LogP contribution in [0, 0.1) is 4.77 Å². The van der Waals surface area contributed by atoms with Crippen LogP contribution in [0.5, 0.6) is 0 Å². The number of nitrogens with one attached hydrogen (secondary N) is 1. The van der Waals surface area contributed by atoms with Gasteiger partial charge in [0.1, 0.15) is 0 Å². The van der Waals surface area contributed by atoms with E-state index in [0.717, 1.165) is 24.2 Å². The molecule has 0 spiro atoms. The Hall–Kier alpha value is -2.32. The molecule has 0 saturated heterocycles. The van der Waals surface area contributed by atoms with Crippen molar-refractivity contribution in [3.63, 3.8) is 0 Å². The molecule has 0 radical (unpaired) electrons. The Morgan fingerprint density at radius 3 is 3.00 bits per heavy atom. The first-order valence-electron chi connectivity index (χ1n) is 8.25. The highest BCUT2D eigenvalue weighted by Gasteiger charge is 2.23. The fraction of sp³-hybridized carbons (Fsp3) is 0.412. The third kappa shape index (κ3) is 4.40. The molecule has 2 aromatic rings. The molecule has 0 aliphatic heterocycles. The second kappa shape index (κ2) is 7.71. The monoisotopic (exact) mass is 358 g/mol. The molecule has 2 heterocycles. The fourth-order valence-corrected chi connectivity index (χ4v) is 2.82. The highest BCUT2D eigenvalue weighted by molar-refractivity contribution is 7.71. The Kier molecular flexibility index (Phi) is 5.40. The molecule has 0 unspecified atom stereocenters. The van der Waals surface area contributed by atoms with Crippen molar-refractivity contribution in [2.75, 3.05) is 13.6 Å². The number of hydrogen-bond acceptors (Lipinski definition) is 5. The van der Waals surface area contributed by atoms with Crippen LogP contribution in [0.1, 0.15) is 12.8 Å². The van der Waals surface area contributed by atoms with Crippen LogP contribution in [0.15, 0.2) is 37.2 Å². The van der Waals surface area contributed by atoms with Gasteiger partial charge in [0.15, 0.2) is 10.6 Å². The normalized spacial score (nSPS) is 13.8. The van der Waals surface area contributed by atoms with Crippen molar-refractivity contribution >= 4 is 18.1 Å². The fourth-order valence-electron chi connectivity index (χ4n) is 2.56. The van der Waals surface area contributed by atoms with Crippen molar-refractivity contribution in [1.29, 1.82) is 0 Å². The zero-order chi connectivity index (χ0) is 17.8. The van der Waals surface area contributed by atoms with Crippen LogP contribution in [0.4, 0.5) is 0 Å². The van der Waals surface area contributed by atoms with Crippen LogP contribution in [0.3, 0.4) is 0 Å². The number of amides is 1. The van der Waals surface area contributed by atoms with Crippen LogP contribution in [0.25, 0.3) is 11.4 Å². The zero-order valence-corrected chi connectivity index (χ0v) is 15.1. The minimum Gasteiger partial charge on any atom is -0.352 e. The molecule has 1 aliphatic carbocycles. The van der Waals surface area contributed by atoms with E-state index in [0.29, 0.717) is 30.6 Å². The van der Waals surface area contributed by atoms with Crippen LogP contribution in [-0.4, -0.2) is 49.8 Å². The number of pyridine rings is 1. The Morgan fingerprint density at radius 1 is 1.56 bits per heavy atom. The van der Waals surface area contributed by atoms with Gasteiger partial charge in [-0.25, -0.2) is 4.68 Å². The molecular formula is C17H22N6OS. The summed E-state index contributed by atoms with van der Waals surface area (Å²) in [6.45, 7) is 5.11. The number of likely N-dealkylation sites (N-methyl/N-ethyl adjacent to an activating group) is 1. The summed E-state index contributed by atoms with van der Waals surface area (Å²) in [4.78, 5) is 18.0. The molecule has 3 rings (SSSR count). The molecule has 0 atom stereocenters. The molecule has 8 heteroatoms. The molecule has 1 saturated carbocycles. The zero-order valence-electron chi connectivity index (χ0n) is 14.3. The van der Waals surface area contributed by atoms with Crippen LogP contribution in [0.2, 0.25) is 0 Å². The average Bonchev–Trinajstić information content (AvgIpc) is 3.35. The second-order valence-electron chi connectivity index (χ2n) is 6.24. The van der Waals surface area contributed by atoms with Gasteiger partial charge in [0.2, 0.25) is 5.91 Å². The molecule has 132 valence electrons. The number of hydrogen-bond donors (Lipinski definition) is 1. The third-order valence-electron chi connectivity index (χ3n) is 3.89. The number of allylic oxidation sites excluding steroid dienone is 1. The van der Waals surface area contributed by atoms with Crippen LogP contribution >= 0.6 is 12.2 Å². The molecule has 1 amide bonds. The summed E-state index contributed by atoms with van der Waals surface area (Å²) in [6.07, 6.45) is 7.43. The van der Waals surface area contributed by atoms with Gasteiger partial charge in [0, 0.05) is 30.5 Å². The second-order valence-corrected chi connectivity index (χ2v) is 6.61. The minimum absolute atomic E-state index is 0.0366. The lowest BCUT2D eigenvalue weighted by Crippen LogP contribution is -2.37. The molecule has 1 fully saturated rings. The lowest BCUT2D eigenvalue weighted by Gasteiger charge is -2.15. The van der Waals surface area contributed by atoms with Gasteiger partial charge in [-0.15, -0.1) is 6.58 Å². The lowest BCUT2D eigenvalue weighted by atomic mass is 10.3. The Balaban J connectivity index is 1.77. The van der Waals surface area contributed by atoms with E-state index in [2.05, 4.69) is 22.0 Å². The van der Waals surface area contributed by atoms with Gasteiger partial charge in [-0.05, 0) is 44.2 Å². The summed E-state index contributed by atoms with van der Waals surface area (Å²) in [6, 6.07) is 4.18. The first kappa shape index (κ1) is 17.5. The van der Waals surface area contributed by atoms with E-state index in [4.69, 9.17) is 12.2 Å². The Bertz CT molecular complexity index is 808. The molecule has 1 aliphatic rings. The van der Waals surface area contributed by atoms with Crippen molar-refractivity contribution in [3.8, 4) is 11.4 Å². The van der Waals surface area contributed by atoms with Crippen molar-refractivity contribution in [1.82, 2.24) is 29.5 Å². The number of carbonyl (C=O) groups excluding carboxylic acids is 1. The van der Waals surface area contributed by atoms with Crippen LogP contribution in [-0.2, 0) is 18.0 Å². The summed E-state index contributed by atoms with van der Waals surface area (Å²) in [5.74, 6) is 0.781. The largest absolute Gasteiger partial charge is 0.352 e. The quantitative estimate of drug-likeness (QED) is 0.576. The molecule has 1 N–H and O–H groups in total. The van der Waals surface area contributed by atoms with Gasteiger partial charge >= 0.3 is 0 Å². The first-order chi connectivity index (χ1) is 12.1. The van der Waals surface area contributed by atoms with E-state index in [-0.39, 0.29) is 5.91 Å². The molecule has 25 heavy (non-hydrogen) atoms. The number of rotatable bonds is 8. The van der Waals surface area contributed by atoms with Crippen molar-refractivity contribution in [2.24, 2.45) is 0 Å². The van der Waals surface area contributed by atoms with Gasteiger partial charge in [-0.1, -0.05) is 6.08 Å². The Labute approximate surface area is 152 Å². The number of nitrogens with zero attached hydrogens (tertiary/aromatic N) is 5. The summed E-state index contributed by atoms with van der Waals surface area (Å²) >= 11 is 5.56. The van der Waals surface area contributed by atoms with Gasteiger partial charge in [0.25, 0.3) is 0 Å². The molecule has 0 aromatic carbocycles. The van der Waals surface area contributed by atoms with Crippen molar-refractivity contribution in [3.05, 3.63) is 42.0 Å². The van der Waals surface area contributed by atoms with Crippen molar-refractivity contribution < 1.29 is 4.79 Å². The predicted octanol–water partition coefficient (Wildman–Crippen LogP) is 1.83. The van der Waals surface area contributed by atoms with E-state index in [9.17, 15) is 4.79 Å². The highest BCUT2D eigenvalue weighted by atomic mass is 32.1. The molecular weight excluding hydrogens is 336 g/mol. The van der Waals surface area contributed by atoms with Gasteiger partial charge in [-0.2, -0.15) is 5.10 Å². The van der Waals surface area contributed by atoms with Crippen molar-refractivity contribution in [2.45, 2.75) is 32.1 Å². The summed E-state index contributed by atoms with van der Waals surface area (Å²) in [5.41, 5.74) is 0.892. The number of aromatic nitrogens is 4. The molecule has 7 nitrogen and oxygen atoms in total. The van der Waals surface area contributed by atoms with Gasteiger partial charge < -0.3 is 5.32 Å². The van der Waals surface area contributed by atoms with E-state index in [1.807, 2.05) is 28.6 Å². The topological polar surface area (TPSA) is 68.0 Å². The first-order valence-corrected chi connectivity index (χ1v) is 8.66.